The first-order chi connectivity index (χ1) is 8.13. The maximum Gasteiger partial charge on any atom is 0.0488 e. The molecule has 1 N–H and O–H groups in total. The average Bonchev–Trinajstić information content (AvgIpc) is 2.29. The highest BCUT2D eigenvalue weighted by Gasteiger charge is 2.04. The third-order valence-corrected chi connectivity index (χ3v) is 4.23. The number of aliphatic hydroxyl groups is 1. The lowest BCUT2D eigenvalue weighted by Crippen LogP contribution is -2.03. The lowest BCUT2D eigenvalue weighted by molar-refractivity contribution is 0.284. The van der Waals surface area contributed by atoms with Gasteiger partial charge in [-0.15, -0.1) is 0 Å². The zero-order valence-electron chi connectivity index (χ0n) is 10.7. The lowest BCUT2D eigenvalue weighted by atomic mass is 10.1. The van der Waals surface area contributed by atoms with E-state index in [9.17, 15) is 4.21 Å². The van der Waals surface area contributed by atoms with Crippen LogP contribution >= 0.6 is 0 Å². The second-order valence-electron chi connectivity index (χ2n) is 4.50. The molecule has 0 bridgehead atoms. The Morgan fingerprint density at radius 2 is 1.94 bits per heavy atom. The molecule has 0 aromatic heterocycles. The monoisotopic (exact) mass is 254 g/mol. The van der Waals surface area contributed by atoms with Gasteiger partial charge in [-0.25, -0.2) is 0 Å². The fraction of sp³-hybridized carbons (Fsp3) is 0.571. The molecule has 0 aliphatic heterocycles. The second kappa shape index (κ2) is 7.62. The van der Waals surface area contributed by atoms with Crippen LogP contribution < -0.4 is 0 Å². The molecule has 0 amide bonds. The third-order valence-electron chi connectivity index (χ3n) is 2.85. The molecule has 0 saturated carbocycles. The second-order valence-corrected chi connectivity index (χ2v) is 6.08. The van der Waals surface area contributed by atoms with E-state index in [1.165, 1.54) is 16.7 Å². The number of aliphatic hydroxyl groups excluding tert-OH is 1. The predicted molar refractivity (Wildman–Crippen MR) is 73.6 cm³/mol. The maximum atomic E-state index is 11.9. The number of rotatable bonds is 7. The Kier molecular flexibility index (Phi) is 6.45. The molecule has 1 aromatic carbocycles. The molecular formula is C14H22O2S. The molecular weight excluding hydrogens is 232 g/mol. The summed E-state index contributed by atoms with van der Waals surface area (Å²) in [6, 6.07) is 6.30. The number of benzene rings is 1. The van der Waals surface area contributed by atoms with Gasteiger partial charge in [-0.3, -0.25) is 4.21 Å². The van der Waals surface area contributed by atoms with Gasteiger partial charge in [0.2, 0.25) is 0 Å². The summed E-state index contributed by atoms with van der Waals surface area (Å²) in [5, 5.41) is 8.66. The van der Waals surface area contributed by atoms with E-state index >= 15 is 0 Å². The summed E-state index contributed by atoms with van der Waals surface area (Å²) in [5.41, 5.74) is 3.65. The summed E-state index contributed by atoms with van der Waals surface area (Å²) >= 11 is 0. The van der Waals surface area contributed by atoms with Crippen molar-refractivity contribution in [1.29, 1.82) is 0 Å². The Labute approximate surface area is 107 Å². The standard InChI is InChI=1S/C14H22O2S/c1-12-6-7-13(2)14(10-12)11-17(16)9-5-3-4-8-15/h6-7,10,15H,3-5,8-9,11H2,1-2H3. The van der Waals surface area contributed by atoms with Gasteiger partial charge >= 0.3 is 0 Å². The van der Waals surface area contributed by atoms with Crippen LogP contribution in [0.4, 0.5) is 0 Å². The first-order valence-electron chi connectivity index (χ1n) is 6.15. The Morgan fingerprint density at radius 3 is 2.65 bits per heavy atom. The minimum absolute atomic E-state index is 0.240. The van der Waals surface area contributed by atoms with Crippen molar-refractivity contribution in [1.82, 2.24) is 0 Å². The number of hydrogen-bond acceptors (Lipinski definition) is 2. The van der Waals surface area contributed by atoms with Gasteiger partial charge in [-0.05, 0) is 37.8 Å². The maximum absolute atomic E-state index is 11.9. The molecule has 96 valence electrons. The number of unbranched alkanes of at least 4 members (excludes halogenated alkanes) is 2. The van der Waals surface area contributed by atoms with Gasteiger partial charge in [0.1, 0.15) is 0 Å². The number of hydrogen-bond donors (Lipinski definition) is 1. The minimum Gasteiger partial charge on any atom is -0.396 e. The molecule has 1 unspecified atom stereocenters. The molecule has 0 radical (unpaired) electrons. The van der Waals surface area contributed by atoms with Gasteiger partial charge in [-0.2, -0.15) is 0 Å². The Morgan fingerprint density at radius 1 is 1.18 bits per heavy atom. The van der Waals surface area contributed by atoms with Gasteiger partial charge in [0.25, 0.3) is 0 Å². The summed E-state index contributed by atoms with van der Waals surface area (Å²) in [7, 11) is -0.775. The SMILES string of the molecule is Cc1ccc(C)c(CS(=O)CCCCCO)c1. The Hall–Kier alpha value is -0.670. The van der Waals surface area contributed by atoms with Crippen LogP contribution in [0.25, 0.3) is 0 Å². The zero-order chi connectivity index (χ0) is 12.7. The van der Waals surface area contributed by atoms with E-state index in [-0.39, 0.29) is 6.61 Å². The smallest absolute Gasteiger partial charge is 0.0488 e. The van der Waals surface area contributed by atoms with Crippen LogP contribution in [0, 0.1) is 13.8 Å². The van der Waals surface area contributed by atoms with Crippen LogP contribution in [-0.2, 0) is 16.6 Å². The van der Waals surface area contributed by atoms with Crippen LogP contribution in [-0.4, -0.2) is 21.7 Å². The van der Waals surface area contributed by atoms with Crippen LogP contribution in [0.1, 0.15) is 36.0 Å². The highest BCUT2D eigenvalue weighted by atomic mass is 32.2. The first kappa shape index (κ1) is 14.4. The van der Waals surface area contributed by atoms with Crippen LogP contribution in [0.2, 0.25) is 0 Å². The largest absolute Gasteiger partial charge is 0.396 e. The van der Waals surface area contributed by atoms with Gasteiger partial charge in [0.05, 0.1) is 0 Å². The van der Waals surface area contributed by atoms with Gasteiger partial charge in [-0.1, -0.05) is 30.2 Å². The fourth-order valence-corrected chi connectivity index (χ4v) is 3.08. The highest BCUT2D eigenvalue weighted by Crippen LogP contribution is 2.13. The lowest BCUT2D eigenvalue weighted by Gasteiger charge is -2.07. The van der Waals surface area contributed by atoms with Crippen molar-refractivity contribution in [2.75, 3.05) is 12.4 Å². The Balaban J connectivity index is 2.42. The minimum atomic E-state index is -0.775. The normalized spacial score (nSPS) is 12.6. The molecule has 1 rings (SSSR count). The first-order valence-corrected chi connectivity index (χ1v) is 7.64. The van der Waals surface area contributed by atoms with Gasteiger partial charge in [0, 0.05) is 28.9 Å². The summed E-state index contributed by atoms with van der Waals surface area (Å²) in [5.74, 6) is 1.40. The Bertz CT molecular complexity index is 374. The fourth-order valence-electron chi connectivity index (χ4n) is 1.75. The van der Waals surface area contributed by atoms with E-state index in [1.807, 2.05) is 0 Å². The molecule has 1 atom stereocenters. The van der Waals surface area contributed by atoms with Crippen molar-refractivity contribution in [3.8, 4) is 0 Å². The topological polar surface area (TPSA) is 37.3 Å². The van der Waals surface area contributed by atoms with Crippen LogP contribution in [0.15, 0.2) is 18.2 Å². The van der Waals surface area contributed by atoms with Gasteiger partial charge in [0.15, 0.2) is 0 Å². The van der Waals surface area contributed by atoms with E-state index in [0.717, 1.165) is 25.0 Å². The molecule has 0 spiro atoms. The summed E-state index contributed by atoms with van der Waals surface area (Å²) in [4.78, 5) is 0. The molecule has 0 aliphatic rings. The average molecular weight is 254 g/mol. The van der Waals surface area contributed by atoms with E-state index in [4.69, 9.17) is 5.11 Å². The molecule has 17 heavy (non-hydrogen) atoms. The molecule has 0 aliphatic carbocycles. The zero-order valence-corrected chi connectivity index (χ0v) is 11.6. The van der Waals surface area contributed by atoms with Crippen molar-refractivity contribution in [3.05, 3.63) is 34.9 Å². The van der Waals surface area contributed by atoms with E-state index in [2.05, 4.69) is 32.0 Å². The highest BCUT2D eigenvalue weighted by molar-refractivity contribution is 7.84. The van der Waals surface area contributed by atoms with Crippen molar-refractivity contribution < 1.29 is 9.32 Å². The third kappa shape index (κ3) is 5.46. The quantitative estimate of drug-likeness (QED) is 0.760. The van der Waals surface area contributed by atoms with Crippen molar-refractivity contribution in [2.45, 2.75) is 38.9 Å². The van der Waals surface area contributed by atoms with Crippen LogP contribution in [0.5, 0.6) is 0 Å². The molecule has 1 aromatic rings. The predicted octanol–water partition coefficient (Wildman–Crippen LogP) is 2.71. The molecule has 3 heteroatoms. The molecule has 0 saturated heterocycles. The van der Waals surface area contributed by atoms with Gasteiger partial charge < -0.3 is 5.11 Å². The molecule has 0 heterocycles. The summed E-state index contributed by atoms with van der Waals surface area (Å²) in [6.07, 6.45) is 2.73. The van der Waals surface area contributed by atoms with E-state index in [0.29, 0.717) is 5.75 Å². The summed E-state index contributed by atoms with van der Waals surface area (Å²) in [6.45, 7) is 4.37. The summed E-state index contributed by atoms with van der Waals surface area (Å²) < 4.78 is 11.9. The molecule has 2 nitrogen and oxygen atoms in total. The van der Waals surface area contributed by atoms with Crippen LogP contribution in [0.3, 0.4) is 0 Å². The van der Waals surface area contributed by atoms with Crippen molar-refractivity contribution in [3.63, 3.8) is 0 Å². The number of aryl methyl sites for hydroxylation is 2. The van der Waals surface area contributed by atoms with E-state index < -0.39 is 10.8 Å². The van der Waals surface area contributed by atoms with E-state index in [1.54, 1.807) is 0 Å². The van der Waals surface area contributed by atoms with Crippen molar-refractivity contribution in [2.24, 2.45) is 0 Å². The van der Waals surface area contributed by atoms with Crippen molar-refractivity contribution >= 4 is 10.8 Å². The molecule has 0 fully saturated rings.